The van der Waals surface area contributed by atoms with Crippen molar-refractivity contribution in [3.8, 4) is 0 Å². The van der Waals surface area contributed by atoms with E-state index in [0.717, 1.165) is 6.20 Å². The van der Waals surface area contributed by atoms with Crippen LogP contribution >= 0.6 is 34.8 Å². The Hall–Kier alpha value is -1.89. The van der Waals surface area contributed by atoms with Crippen LogP contribution in [0.1, 0.15) is 17.4 Å². The van der Waals surface area contributed by atoms with Gasteiger partial charge in [0.05, 0.1) is 15.1 Å². The summed E-state index contributed by atoms with van der Waals surface area (Å²) in [6.07, 6.45) is 0.00479. The lowest BCUT2D eigenvalue weighted by Gasteiger charge is -2.14. The Balaban J connectivity index is 2.04. The highest BCUT2D eigenvalue weighted by atomic mass is 35.5. The van der Waals surface area contributed by atoms with Crippen LogP contribution in [0, 0.1) is 5.82 Å². The van der Waals surface area contributed by atoms with Gasteiger partial charge in [-0.05, 0) is 31.2 Å². The van der Waals surface area contributed by atoms with Gasteiger partial charge in [0.25, 0.3) is 5.91 Å². The first-order valence-corrected chi connectivity index (χ1v) is 7.70. The molecule has 2 rings (SSSR count). The highest BCUT2D eigenvalue weighted by molar-refractivity contribution is 6.48. The lowest BCUT2D eigenvalue weighted by atomic mass is 10.3. The molecule has 24 heavy (non-hydrogen) atoms. The average molecular weight is 392 g/mol. The zero-order chi connectivity index (χ0) is 17.9. The van der Waals surface area contributed by atoms with Gasteiger partial charge >= 0.3 is 5.97 Å². The number of ether oxygens (including phenoxy) is 1. The summed E-state index contributed by atoms with van der Waals surface area (Å²) in [4.78, 5) is 27.8. The fourth-order valence-electron chi connectivity index (χ4n) is 1.63. The molecule has 5 nitrogen and oxygen atoms in total. The van der Waals surface area contributed by atoms with Crippen molar-refractivity contribution in [3.05, 3.63) is 57.0 Å². The van der Waals surface area contributed by atoms with E-state index in [9.17, 15) is 14.0 Å². The number of carbonyl (C=O) groups excluding carboxylic acids is 2. The maximum Gasteiger partial charge on any atom is 0.359 e. The molecule has 2 aromatic rings. The molecule has 0 aliphatic carbocycles. The zero-order valence-corrected chi connectivity index (χ0v) is 14.4. The Morgan fingerprint density at radius 3 is 2.42 bits per heavy atom. The maximum absolute atomic E-state index is 12.8. The molecule has 1 atom stereocenters. The standard InChI is InChI=1S/C15H10Cl3FN2O3/c1-7(14(22)21-9-4-2-8(19)3-5-9)24-15(23)13-12(18)11(17)10(16)6-20-13/h2-7H,1H3,(H,21,22)/t7-/m0/s1. The summed E-state index contributed by atoms with van der Waals surface area (Å²) in [5.74, 6) is -1.97. The Morgan fingerprint density at radius 2 is 1.79 bits per heavy atom. The maximum atomic E-state index is 12.8. The van der Waals surface area contributed by atoms with Crippen molar-refractivity contribution in [3.63, 3.8) is 0 Å². The number of carbonyl (C=O) groups is 2. The van der Waals surface area contributed by atoms with Crippen molar-refractivity contribution in [2.75, 3.05) is 5.32 Å². The molecule has 0 saturated heterocycles. The average Bonchev–Trinajstić information content (AvgIpc) is 2.54. The number of pyridine rings is 1. The number of hydrogen-bond acceptors (Lipinski definition) is 4. The van der Waals surface area contributed by atoms with Crippen LogP contribution in [0.25, 0.3) is 0 Å². The van der Waals surface area contributed by atoms with Gasteiger partial charge in [-0.3, -0.25) is 4.79 Å². The number of nitrogens with zero attached hydrogens (tertiary/aromatic N) is 1. The molecule has 126 valence electrons. The molecule has 0 unspecified atom stereocenters. The second kappa shape index (κ2) is 7.79. The Bertz CT molecular complexity index is 784. The van der Waals surface area contributed by atoms with Crippen LogP contribution in [-0.4, -0.2) is 23.0 Å². The van der Waals surface area contributed by atoms with Gasteiger partial charge in [-0.25, -0.2) is 14.2 Å². The summed E-state index contributed by atoms with van der Waals surface area (Å²) in [6, 6.07) is 5.12. The topological polar surface area (TPSA) is 68.3 Å². The van der Waals surface area contributed by atoms with Crippen LogP contribution in [0.2, 0.25) is 15.1 Å². The van der Waals surface area contributed by atoms with Crippen LogP contribution in [0.5, 0.6) is 0 Å². The Morgan fingerprint density at radius 1 is 1.17 bits per heavy atom. The van der Waals surface area contributed by atoms with Crippen molar-refractivity contribution < 1.29 is 18.7 Å². The van der Waals surface area contributed by atoms with E-state index in [1.165, 1.54) is 31.2 Å². The van der Waals surface area contributed by atoms with Gasteiger partial charge in [-0.1, -0.05) is 34.8 Å². The number of amides is 1. The van der Waals surface area contributed by atoms with Gasteiger partial charge in [-0.2, -0.15) is 0 Å². The zero-order valence-electron chi connectivity index (χ0n) is 12.1. The van der Waals surface area contributed by atoms with Crippen molar-refractivity contribution in [1.82, 2.24) is 4.98 Å². The third-order valence-corrected chi connectivity index (χ3v) is 4.12. The second-order valence-corrected chi connectivity index (χ2v) is 5.79. The lowest BCUT2D eigenvalue weighted by Crippen LogP contribution is -2.30. The third kappa shape index (κ3) is 4.35. The molecule has 1 aromatic heterocycles. The third-order valence-electron chi connectivity index (χ3n) is 2.88. The predicted octanol–water partition coefficient (Wildman–Crippen LogP) is 4.36. The fraction of sp³-hybridized carbons (Fsp3) is 0.133. The summed E-state index contributed by atoms with van der Waals surface area (Å²) < 4.78 is 17.8. The van der Waals surface area contributed by atoms with Crippen molar-refractivity contribution in [2.24, 2.45) is 0 Å². The van der Waals surface area contributed by atoms with E-state index >= 15 is 0 Å². The first-order valence-electron chi connectivity index (χ1n) is 6.56. The first-order chi connectivity index (χ1) is 11.3. The van der Waals surface area contributed by atoms with E-state index < -0.39 is 23.8 Å². The Labute approximate surface area is 151 Å². The SMILES string of the molecule is C[C@H](OC(=O)c1ncc(Cl)c(Cl)c1Cl)C(=O)Nc1ccc(F)cc1. The predicted molar refractivity (Wildman–Crippen MR) is 89.2 cm³/mol. The van der Waals surface area contributed by atoms with Crippen molar-refractivity contribution >= 4 is 52.4 Å². The molecule has 0 fully saturated rings. The highest BCUT2D eigenvalue weighted by Gasteiger charge is 2.23. The monoisotopic (exact) mass is 390 g/mol. The first kappa shape index (κ1) is 18.4. The van der Waals surface area contributed by atoms with E-state index in [0.29, 0.717) is 5.69 Å². The minimum absolute atomic E-state index is 0.0382. The lowest BCUT2D eigenvalue weighted by molar-refractivity contribution is -0.123. The van der Waals surface area contributed by atoms with Crippen molar-refractivity contribution in [2.45, 2.75) is 13.0 Å². The molecule has 0 aliphatic heterocycles. The molecule has 9 heteroatoms. The van der Waals surface area contributed by atoms with Gasteiger partial charge < -0.3 is 10.1 Å². The minimum Gasteiger partial charge on any atom is -0.448 e. The smallest absolute Gasteiger partial charge is 0.359 e. The number of anilines is 1. The van der Waals surface area contributed by atoms with Gasteiger partial charge in [-0.15, -0.1) is 0 Å². The van der Waals surface area contributed by atoms with E-state index in [-0.39, 0.29) is 20.8 Å². The van der Waals surface area contributed by atoms with Crippen molar-refractivity contribution in [1.29, 1.82) is 0 Å². The quantitative estimate of drug-likeness (QED) is 0.786. The number of rotatable bonds is 4. The molecule has 0 aliphatic rings. The molecule has 0 radical (unpaired) electrons. The van der Waals surface area contributed by atoms with Gasteiger partial charge in [0.1, 0.15) is 5.82 Å². The molecule has 0 bridgehead atoms. The summed E-state index contributed by atoms with van der Waals surface area (Å²) in [5, 5.41) is 2.36. The fourth-order valence-corrected chi connectivity index (χ4v) is 2.19. The van der Waals surface area contributed by atoms with Crippen LogP contribution < -0.4 is 5.32 Å². The van der Waals surface area contributed by atoms with Crippen LogP contribution in [0.4, 0.5) is 10.1 Å². The number of esters is 1. The molecule has 0 spiro atoms. The Kier molecular flexibility index (Phi) is 5.99. The molecular formula is C15H10Cl3FN2O3. The van der Waals surface area contributed by atoms with Crippen LogP contribution in [0.15, 0.2) is 30.5 Å². The number of nitrogens with one attached hydrogen (secondary N) is 1. The molecule has 0 saturated carbocycles. The number of aromatic nitrogens is 1. The molecule has 1 N–H and O–H groups in total. The minimum atomic E-state index is -1.14. The van der Waals surface area contributed by atoms with Gasteiger partial charge in [0.15, 0.2) is 11.8 Å². The van der Waals surface area contributed by atoms with E-state index in [2.05, 4.69) is 10.3 Å². The molecule has 1 heterocycles. The second-order valence-electron chi connectivity index (χ2n) is 4.63. The largest absolute Gasteiger partial charge is 0.448 e. The number of halogens is 4. The molecule has 1 aromatic carbocycles. The van der Waals surface area contributed by atoms with Crippen LogP contribution in [-0.2, 0) is 9.53 Å². The normalized spacial score (nSPS) is 11.7. The van der Waals surface area contributed by atoms with E-state index in [4.69, 9.17) is 39.5 Å². The van der Waals surface area contributed by atoms with Crippen LogP contribution in [0.3, 0.4) is 0 Å². The number of benzene rings is 1. The van der Waals surface area contributed by atoms with E-state index in [1.807, 2.05) is 0 Å². The molecular weight excluding hydrogens is 382 g/mol. The summed E-state index contributed by atoms with van der Waals surface area (Å²) in [7, 11) is 0. The van der Waals surface area contributed by atoms with E-state index in [1.54, 1.807) is 0 Å². The summed E-state index contributed by atoms with van der Waals surface area (Å²) in [5.41, 5.74) is 0.0995. The molecule has 1 amide bonds. The van der Waals surface area contributed by atoms with Gasteiger partial charge in [0, 0.05) is 11.9 Å². The number of hydrogen-bond donors (Lipinski definition) is 1. The summed E-state index contributed by atoms with van der Waals surface area (Å²) >= 11 is 17.4. The highest BCUT2D eigenvalue weighted by Crippen LogP contribution is 2.31. The summed E-state index contributed by atoms with van der Waals surface area (Å²) in [6.45, 7) is 1.36. The van der Waals surface area contributed by atoms with Gasteiger partial charge in [0.2, 0.25) is 0 Å².